The Kier molecular flexibility index (Phi) is 4.70. The molecule has 1 aromatic carbocycles. The third-order valence-electron chi connectivity index (χ3n) is 4.17. The Morgan fingerprint density at radius 2 is 1.82 bits per heavy atom. The topological polar surface area (TPSA) is 75.6 Å². The van der Waals surface area contributed by atoms with E-state index in [1.165, 1.54) is 11.1 Å². The highest BCUT2D eigenvalue weighted by molar-refractivity contribution is 7.91. The molecule has 0 unspecified atom stereocenters. The third kappa shape index (κ3) is 3.74. The van der Waals surface area contributed by atoms with Crippen molar-refractivity contribution in [1.29, 1.82) is 0 Å². The molecule has 1 N–H and O–H groups in total. The van der Waals surface area contributed by atoms with E-state index in [2.05, 4.69) is 29.6 Å². The minimum atomic E-state index is -3.06. The largest absolute Gasteiger partial charge is 0.273 e. The van der Waals surface area contributed by atoms with Gasteiger partial charge in [-0.05, 0) is 56.9 Å². The predicted molar refractivity (Wildman–Crippen MR) is 87.8 cm³/mol. The van der Waals surface area contributed by atoms with Crippen molar-refractivity contribution in [2.75, 3.05) is 11.5 Å². The monoisotopic (exact) mass is 322 g/mol. The van der Waals surface area contributed by atoms with Crippen molar-refractivity contribution in [3.63, 3.8) is 0 Å². The van der Waals surface area contributed by atoms with Crippen LogP contribution in [0.15, 0.2) is 17.2 Å². The lowest BCUT2D eigenvalue weighted by molar-refractivity contribution is -0.124. The Morgan fingerprint density at radius 3 is 2.41 bits per heavy atom. The zero-order valence-electron chi connectivity index (χ0n) is 13.4. The van der Waals surface area contributed by atoms with Gasteiger partial charge in [-0.1, -0.05) is 6.07 Å². The summed E-state index contributed by atoms with van der Waals surface area (Å²) in [6, 6.07) is 4.14. The fourth-order valence-electron chi connectivity index (χ4n) is 2.64. The molecule has 1 atom stereocenters. The number of hydrazone groups is 1. The molecule has 0 aromatic heterocycles. The molecule has 1 amide bonds. The molecule has 6 heteroatoms. The van der Waals surface area contributed by atoms with Gasteiger partial charge < -0.3 is 0 Å². The van der Waals surface area contributed by atoms with E-state index < -0.39 is 15.8 Å². The van der Waals surface area contributed by atoms with Crippen LogP contribution in [0, 0.1) is 26.7 Å². The quantitative estimate of drug-likeness (QED) is 0.682. The molecule has 0 aliphatic carbocycles. The molecule has 1 fully saturated rings. The molecule has 1 aliphatic heterocycles. The average molecular weight is 322 g/mol. The van der Waals surface area contributed by atoms with Gasteiger partial charge in [-0.2, -0.15) is 5.10 Å². The van der Waals surface area contributed by atoms with Crippen molar-refractivity contribution in [1.82, 2.24) is 5.43 Å². The molecular formula is C16H22N2O3S. The van der Waals surface area contributed by atoms with Crippen LogP contribution in [-0.2, 0) is 14.6 Å². The first-order valence-corrected chi connectivity index (χ1v) is 9.14. The Labute approximate surface area is 131 Å². The summed E-state index contributed by atoms with van der Waals surface area (Å²) in [5.41, 5.74) is 7.70. The van der Waals surface area contributed by atoms with E-state index in [0.29, 0.717) is 6.42 Å². The second-order valence-electron chi connectivity index (χ2n) is 6.02. The fourth-order valence-corrected chi connectivity index (χ4v) is 4.38. The smallest absolute Gasteiger partial charge is 0.244 e. The second-order valence-corrected chi connectivity index (χ2v) is 8.25. The highest BCUT2D eigenvalue weighted by Crippen LogP contribution is 2.19. The predicted octanol–water partition coefficient (Wildman–Crippen LogP) is 1.89. The first-order valence-electron chi connectivity index (χ1n) is 7.32. The summed E-state index contributed by atoms with van der Waals surface area (Å²) in [7, 11) is -3.06. The number of carbonyl (C=O) groups excluding carboxylic acids is 1. The lowest BCUT2D eigenvalue weighted by atomic mass is 9.98. The first kappa shape index (κ1) is 16.7. The van der Waals surface area contributed by atoms with E-state index in [4.69, 9.17) is 0 Å². The van der Waals surface area contributed by atoms with Crippen molar-refractivity contribution >= 4 is 21.5 Å². The zero-order chi connectivity index (χ0) is 16.5. The Bertz CT molecular complexity index is 736. The second kappa shape index (κ2) is 6.20. The molecule has 0 radical (unpaired) electrons. The molecule has 0 bridgehead atoms. The average Bonchev–Trinajstić information content (AvgIpc) is 2.80. The zero-order valence-corrected chi connectivity index (χ0v) is 14.3. The maximum atomic E-state index is 12.0. The van der Waals surface area contributed by atoms with Gasteiger partial charge in [0.1, 0.15) is 0 Å². The van der Waals surface area contributed by atoms with E-state index in [9.17, 15) is 13.2 Å². The Balaban J connectivity index is 2.10. The van der Waals surface area contributed by atoms with E-state index >= 15 is 0 Å². The molecule has 1 aliphatic rings. The first-order chi connectivity index (χ1) is 10.2. The van der Waals surface area contributed by atoms with Crippen LogP contribution in [-0.4, -0.2) is 31.5 Å². The maximum Gasteiger partial charge on any atom is 0.244 e. The number of rotatable bonds is 3. The number of hydrogen-bond acceptors (Lipinski definition) is 4. The minimum Gasteiger partial charge on any atom is -0.273 e. The number of aryl methyl sites for hydroxylation is 3. The normalized spacial score (nSPS) is 20.9. The van der Waals surface area contributed by atoms with Crippen LogP contribution in [0.2, 0.25) is 0 Å². The number of carbonyl (C=O) groups is 1. The highest BCUT2D eigenvalue weighted by Gasteiger charge is 2.32. The van der Waals surface area contributed by atoms with Gasteiger partial charge in [0.25, 0.3) is 0 Å². The van der Waals surface area contributed by atoms with Gasteiger partial charge in [0.2, 0.25) is 5.91 Å². The molecule has 1 saturated heterocycles. The number of benzene rings is 1. The lowest BCUT2D eigenvalue weighted by Crippen LogP contribution is -2.28. The molecule has 1 aromatic rings. The summed E-state index contributed by atoms with van der Waals surface area (Å²) in [6.07, 6.45) is 0.380. The molecule has 22 heavy (non-hydrogen) atoms. The maximum absolute atomic E-state index is 12.0. The standard InChI is InChI=1S/C16H22N2O3S/c1-10-7-12(3)15(8-11(10)2)13(4)17-18-16(19)14-5-6-22(20,21)9-14/h7-8,14H,5-6,9H2,1-4H3,(H,18,19)/b17-13-/t14-/m1/s1. The summed E-state index contributed by atoms with van der Waals surface area (Å²) >= 11 is 0. The highest BCUT2D eigenvalue weighted by atomic mass is 32.2. The molecule has 120 valence electrons. The lowest BCUT2D eigenvalue weighted by Gasteiger charge is -2.11. The van der Waals surface area contributed by atoms with Crippen LogP contribution in [0.5, 0.6) is 0 Å². The number of amides is 1. The van der Waals surface area contributed by atoms with E-state index in [1.54, 1.807) is 0 Å². The van der Waals surface area contributed by atoms with Crippen molar-refractivity contribution in [3.8, 4) is 0 Å². The van der Waals surface area contributed by atoms with Crippen molar-refractivity contribution < 1.29 is 13.2 Å². The van der Waals surface area contributed by atoms with Crippen molar-refractivity contribution in [2.45, 2.75) is 34.1 Å². The molecule has 1 heterocycles. The van der Waals surface area contributed by atoms with Crippen LogP contribution in [0.3, 0.4) is 0 Å². The van der Waals surface area contributed by atoms with Crippen LogP contribution in [0.4, 0.5) is 0 Å². The molecule has 0 spiro atoms. The Hall–Kier alpha value is -1.69. The minimum absolute atomic E-state index is 0.0733. The number of hydrogen-bond donors (Lipinski definition) is 1. The van der Waals surface area contributed by atoms with Gasteiger partial charge in [0.05, 0.1) is 23.1 Å². The summed E-state index contributed by atoms with van der Waals surface area (Å²) in [4.78, 5) is 12.0. The SMILES string of the molecule is C/C(=N/NC(=O)[C@@H]1CCS(=O)(=O)C1)c1cc(C)c(C)cc1C. The van der Waals surface area contributed by atoms with Gasteiger partial charge in [-0.15, -0.1) is 0 Å². The van der Waals surface area contributed by atoms with Gasteiger partial charge in [0.15, 0.2) is 9.84 Å². The Morgan fingerprint density at radius 1 is 1.18 bits per heavy atom. The molecular weight excluding hydrogens is 300 g/mol. The van der Waals surface area contributed by atoms with Crippen molar-refractivity contribution in [2.24, 2.45) is 11.0 Å². The van der Waals surface area contributed by atoms with Gasteiger partial charge >= 0.3 is 0 Å². The van der Waals surface area contributed by atoms with Gasteiger partial charge in [0, 0.05) is 5.56 Å². The number of nitrogens with one attached hydrogen (secondary N) is 1. The van der Waals surface area contributed by atoms with Crippen molar-refractivity contribution in [3.05, 3.63) is 34.4 Å². The number of sulfone groups is 1. The van der Waals surface area contributed by atoms with E-state index in [1.807, 2.05) is 20.8 Å². The van der Waals surface area contributed by atoms with Crippen LogP contribution < -0.4 is 5.43 Å². The van der Waals surface area contributed by atoms with Gasteiger partial charge in [-0.3, -0.25) is 4.79 Å². The van der Waals surface area contributed by atoms with Crippen LogP contribution in [0.1, 0.15) is 35.6 Å². The third-order valence-corrected chi connectivity index (χ3v) is 5.94. The fraction of sp³-hybridized carbons (Fsp3) is 0.500. The van der Waals surface area contributed by atoms with E-state index in [0.717, 1.165) is 16.8 Å². The molecule has 0 saturated carbocycles. The molecule has 2 rings (SSSR count). The van der Waals surface area contributed by atoms with E-state index in [-0.39, 0.29) is 17.4 Å². The van der Waals surface area contributed by atoms with Crippen LogP contribution >= 0.6 is 0 Å². The summed E-state index contributed by atoms with van der Waals surface area (Å²) in [6.45, 7) is 7.93. The molecule has 5 nitrogen and oxygen atoms in total. The van der Waals surface area contributed by atoms with Gasteiger partial charge in [-0.25, -0.2) is 13.8 Å². The summed E-state index contributed by atoms with van der Waals surface area (Å²) in [5, 5.41) is 4.14. The van der Waals surface area contributed by atoms with Crippen LogP contribution in [0.25, 0.3) is 0 Å². The summed E-state index contributed by atoms with van der Waals surface area (Å²) in [5.74, 6) is -0.788. The summed E-state index contributed by atoms with van der Waals surface area (Å²) < 4.78 is 22.8. The number of nitrogens with zero attached hydrogens (tertiary/aromatic N) is 1.